The van der Waals surface area contributed by atoms with Crippen molar-refractivity contribution in [2.24, 2.45) is 0 Å². The number of rotatable bonds is 4. The van der Waals surface area contributed by atoms with E-state index >= 15 is 0 Å². The molecule has 1 N–H and O–H groups in total. The molecule has 8 heteroatoms. The third-order valence-corrected chi connectivity index (χ3v) is 2.39. The Balaban J connectivity index is 2.45. The summed E-state index contributed by atoms with van der Waals surface area (Å²) in [6, 6.07) is 3.54. The van der Waals surface area contributed by atoms with Gasteiger partial charge in [-0.15, -0.1) is 0 Å². The van der Waals surface area contributed by atoms with Crippen molar-refractivity contribution in [1.82, 2.24) is 5.32 Å². The summed E-state index contributed by atoms with van der Waals surface area (Å²) in [5.41, 5.74) is 0. The molecule has 0 atom stereocenters. The highest BCUT2D eigenvalue weighted by atomic mass is 79.9. The number of carbonyl (C=O) groups is 1. The Hall–Kier alpha value is -1.31. The molecule has 0 aliphatic rings. The number of hydrogen-bond acceptors (Lipinski definition) is 2. The normalized spacial score (nSPS) is 11.2. The maximum atomic E-state index is 12.8. The molecule has 0 heterocycles. The molecule has 3 nitrogen and oxygen atoms in total. The van der Waals surface area contributed by atoms with Gasteiger partial charge in [-0.1, -0.05) is 0 Å². The first kappa shape index (κ1) is 14.7. The van der Waals surface area contributed by atoms with Crippen LogP contribution < -0.4 is 10.1 Å². The molecule has 0 aromatic heterocycles. The lowest BCUT2D eigenvalue weighted by Gasteiger charge is -2.10. The molecule has 100 valence electrons. The molecular formula is C10H8BrF4NO2. The lowest BCUT2D eigenvalue weighted by Crippen LogP contribution is -2.36. The molecule has 0 fully saturated rings. The van der Waals surface area contributed by atoms with Crippen LogP contribution in [0.2, 0.25) is 0 Å². The topological polar surface area (TPSA) is 38.3 Å². The van der Waals surface area contributed by atoms with E-state index in [1.165, 1.54) is 12.1 Å². The van der Waals surface area contributed by atoms with E-state index in [4.69, 9.17) is 4.74 Å². The number of benzene rings is 1. The molecule has 1 aromatic carbocycles. The third kappa shape index (κ3) is 5.35. The summed E-state index contributed by atoms with van der Waals surface area (Å²) in [6.07, 6.45) is -4.48. The first-order valence-electron chi connectivity index (χ1n) is 4.69. The molecule has 0 aliphatic carbocycles. The van der Waals surface area contributed by atoms with Gasteiger partial charge in [0.15, 0.2) is 6.61 Å². The Morgan fingerprint density at radius 1 is 1.39 bits per heavy atom. The Morgan fingerprint density at radius 2 is 2.06 bits per heavy atom. The fourth-order valence-corrected chi connectivity index (χ4v) is 1.34. The lowest BCUT2D eigenvalue weighted by molar-refractivity contribution is -0.139. The van der Waals surface area contributed by atoms with E-state index < -0.39 is 31.1 Å². The molecule has 0 bridgehead atoms. The Morgan fingerprint density at radius 3 is 2.67 bits per heavy atom. The molecule has 0 saturated carbocycles. The van der Waals surface area contributed by atoms with Gasteiger partial charge in [0.1, 0.15) is 18.1 Å². The maximum absolute atomic E-state index is 12.8. The summed E-state index contributed by atoms with van der Waals surface area (Å²) >= 11 is 3.05. The minimum Gasteiger partial charge on any atom is -0.482 e. The second kappa shape index (κ2) is 6.03. The van der Waals surface area contributed by atoms with Crippen molar-refractivity contribution in [1.29, 1.82) is 0 Å². The molecule has 0 aliphatic heterocycles. The highest BCUT2D eigenvalue weighted by Gasteiger charge is 2.27. The number of alkyl halides is 3. The minimum atomic E-state index is -4.48. The van der Waals surface area contributed by atoms with Gasteiger partial charge in [0, 0.05) is 6.07 Å². The predicted molar refractivity (Wildman–Crippen MR) is 58.7 cm³/mol. The van der Waals surface area contributed by atoms with Crippen LogP contribution >= 0.6 is 15.9 Å². The van der Waals surface area contributed by atoms with Crippen molar-refractivity contribution in [2.75, 3.05) is 13.2 Å². The van der Waals surface area contributed by atoms with Gasteiger partial charge in [-0.2, -0.15) is 13.2 Å². The minimum absolute atomic E-state index is 0.0390. The van der Waals surface area contributed by atoms with Crippen molar-refractivity contribution in [2.45, 2.75) is 6.18 Å². The van der Waals surface area contributed by atoms with Crippen LogP contribution in [0.3, 0.4) is 0 Å². The van der Waals surface area contributed by atoms with Gasteiger partial charge in [0.05, 0.1) is 4.47 Å². The summed E-state index contributed by atoms with van der Waals surface area (Å²) in [5.74, 6) is -1.48. The maximum Gasteiger partial charge on any atom is 0.405 e. The average molecular weight is 330 g/mol. The van der Waals surface area contributed by atoms with Gasteiger partial charge < -0.3 is 10.1 Å². The number of hydrogen-bond donors (Lipinski definition) is 1. The van der Waals surface area contributed by atoms with Gasteiger partial charge in [-0.3, -0.25) is 4.79 Å². The zero-order valence-corrected chi connectivity index (χ0v) is 10.4. The molecule has 1 amide bonds. The second-order valence-corrected chi connectivity index (χ2v) is 4.11. The molecule has 18 heavy (non-hydrogen) atoms. The molecule has 0 saturated heterocycles. The van der Waals surface area contributed by atoms with Crippen LogP contribution in [-0.2, 0) is 4.79 Å². The van der Waals surface area contributed by atoms with Crippen LogP contribution in [0.1, 0.15) is 0 Å². The zero-order valence-electron chi connectivity index (χ0n) is 8.85. The fraction of sp³-hybridized carbons (Fsp3) is 0.300. The number of carbonyl (C=O) groups excluding carboxylic acids is 1. The first-order chi connectivity index (χ1) is 8.28. The quantitative estimate of drug-likeness (QED) is 0.862. The number of amides is 1. The van der Waals surface area contributed by atoms with Crippen molar-refractivity contribution >= 4 is 21.8 Å². The SMILES string of the molecule is O=C(COc1cc(F)ccc1Br)NCC(F)(F)F. The van der Waals surface area contributed by atoms with Crippen LogP contribution in [0.25, 0.3) is 0 Å². The molecule has 0 spiro atoms. The second-order valence-electron chi connectivity index (χ2n) is 3.26. The van der Waals surface area contributed by atoms with Crippen LogP contribution in [0.5, 0.6) is 5.75 Å². The lowest BCUT2D eigenvalue weighted by atomic mass is 10.3. The Bertz CT molecular complexity index is 436. The summed E-state index contributed by atoms with van der Waals surface area (Å²) < 4.78 is 53.5. The number of halogens is 5. The fourth-order valence-electron chi connectivity index (χ4n) is 0.981. The Labute approximate surface area is 108 Å². The molecular weight excluding hydrogens is 322 g/mol. The summed E-state index contributed by atoms with van der Waals surface area (Å²) in [7, 11) is 0. The van der Waals surface area contributed by atoms with E-state index in [1.807, 2.05) is 0 Å². The van der Waals surface area contributed by atoms with E-state index in [1.54, 1.807) is 5.32 Å². The van der Waals surface area contributed by atoms with Crippen LogP contribution in [0.15, 0.2) is 22.7 Å². The smallest absolute Gasteiger partial charge is 0.405 e. The van der Waals surface area contributed by atoms with Crippen molar-refractivity contribution in [3.05, 3.63) is 28.5 Å². The van der Waals surface area contributed by atoms with Crippen LogP contribution in [0, 0.1) is 5.82 Å². The van der Waals surface area contributed by atoms with E-state index in [9.17, 15) is 22.4 Å². The zero-order chi connectivity index (χ0) is 13.8. The van der Waals surface area contributed by atoms with Crippen molar-refractivity contribution < 1.29 is 27.1 Å². The molecule has 0 unspecified atom stereocenters. The van der Waals surface area contributed by atoms with Crippen molar-refractivity contribution in [3.8, 4) is 5.75 Å². The van der Waals surface area contributed by atoms with E-state index in [0.717, 1.165) is 6.07 Å². The summed E-state index contributed by atoms with van der Waals surface area (Å²) in [6.45, 7) is -2.06. The highest BCUT2D eigenvalue weighted by molar-refractivity contribution is 9.10. The average Bonchev–Trinajstić information content (AvgIpc) is 2.26. The first-order valence-corrected chi connectivity index (χ1v) is 5.48. The highest BCUT2D eigenvalue weighted by Crippen LogP contribution is 2.25. The van der Waals surface area contributed by atoms with Gasteiger partial charge in [-0.05, 0) is 28.1 Å². The van der Waals surface area contributed by atoms with Crippen molar-refractivity contribution in [3.63, 3.8) is 0 Å². The largest absolute Gasteiger partial charge is 0.482 e. The Kier molecular flexibility index (Phi) is 4.94. The predicted octanol–water partition coefficient (Wildman–Crippen LogP) is 2.65. The molecule has 0 radical (unpaired) electrons. The standard InChI is InChI=1S/C10H8BrF4NO2/c11-7-2-1-6(12)3-8(7)18-4-9(17)16-5-10(13,14)15/h1-3H,4-5H2,(H,16,17). The van der Waals surface area contributed by atoms with Crippen LogP contribution in [0.4, 0.5) is 17.6 Å². The molecule has 1 aromatic rings. The summed E-state index contributed by atoms with van der Waals surface area (Å²) in [4.78, 5) is 11.0. The van der Waals surface area contributed by atoms with Crippen LogP contribution in [-0.4, -0.2) is 25.2 Å². The number of nitrogens with one attached hydrogen (secondary N) is 1. The van der Waals surface area contributed by atoms with E-state index in [-0.39, 0.29) is 5.75 Å². The summed E-state index contributed by atoms with van der Waals surface area (Å²) in [5, 5.41) is 1.63. The monoisotopic (exact) mass is 329 g/mol. The molecule has 1 rings (SSSR count). The number of ether oxygens (including phenoxy) is 1. The van der Waals surface area contributed by atoms with Gasteiger partial charge in [-0.25, -0.2) is 4.39 Å². The van der Waals surface area contributed by atoms with Gasteiger partial charge in [0.2, 0.25) is 0 Å². The van der Waals surface area contributed by atoms with Gasteiger partial charge in [0.25, 0.3) is 5.91 Å². The third-order valence-electron chi connectivity index (χ3n) is 1.74. The van der Waals surface area contributed by atoms with Gasteiger partial charge >= 0.3 is 6.18 Å². The van der Waals surface area contributed by atoms with E-state index in [0.29, 0.717) is 4.47 Å². The van der Waals surface area contributed by atoms with E-state index in [2.05, 4.69) is 15.9 Å².